The van der Waals surface area contributed by atoms with Crippen LogP contribution in [0.15, 0.2) is 79.1 Å². The van der Waals surface area contributed by atoms with Crippen LogP contribution in [0.25, 0.3) is 16.4 Å². The Balaban J connectivity index is 1.41. The predicted molar refractivity (Wildman–Crippen MR) is 156 cm³/mol. The van der Waals surface area contributed by atoms with Crippen LogP contribution in [0.3, 0.4) is 0 Å². The molecule has 0 amide bonds. The summed E-state index contributed by atoms with van der Waals surface area (Å²) in [5.41, 5.74) is 5.79. The van der Waals surface area contributed by atoms with Crippen LogP contribution in [-0.4, -0.2) is 33.8 Å². The first-order chi connectivity index (χ1) is 20.1. The van der Waals surface area contributed by atoms with Gasteiger partial charge in [-0.3, -0.25) is 0 Å². The molecule has 8 nitrogen and oxygen atoms in total. The van der Waals surface area contributed by atoms with Gasteiger partial charge < -0.3 is 18.9 Å². The third-order valence-corrected chi connectivity index (χ3v) is 7.80. The van der Waals surface area contributed by atoms with Crippen LogP contribution in [0.2, 0.25) is 0 Å². The number of hydrogen-bond donors (Lipinski definition) is 0. The molecule has 7 rings (SSSR count). The lowest BCUT2D eigenvalue weighted by Gasteiger charge is -2.29. The van der Waals surface area contributed by atoms with Crippen molar-refractivity contribution >= 4 is 16.4 Å². The molecule has 0 unspecified atom stereocenters. The molecule has 0 aliphatic carbocycles. The van der Waals surface area contributed by atoms with Gasteiger partial charge in [-0.1, -0.05) is 48.5 Å². The number of ether oxygens (including phenoxy) is 4. The van der Waals surface area contributed by atoms with Crippen molar-refractivity contribution in [2.24, 2.45) is 0 Å². The highest BCUT2D eigenvalue weighted by molar-refractivity contribution is 5.91. The summed E-state index contributed by atoms with van der Waals surface area (Å²) in [5, 5.41) is 6.92. The quantitative estimate of drug-likeness (QED) is 0.228. The SMILES string of the molecule is COc1ccc([C@H]2c3c(ccc4ccccc34)Oc3ncn4nc(COc5cccc(C)c5C)nc4c32)cc1OC. The summed E-state index contributed by atoms with van der Waals surface area (Å²) in [7, 11) is 3.28. The Kier molecular flexibility index (Phi) is 5.96. The molecule has 0 N–H and O–H groups in total. The van der Waals surface area contributed by atoms with E-state index in [9.17, 15) is 0 Å². The summed E-state index contributed by atoms with van der Waals surface area (Å²) in [4.78, 5) is 9.63. The first-order valence-electron chi connectivity index (χ1n) is 13.4. The van der Waals surface area contributed by atoms with E-state index in [0.717, 1.165) is 44.5 Å². The lowest BCUT2D eigenvalue weighted by atomic mass is 9.81. The second-order valence-corrected chi connectivity index (χ2v) is 10.1. The highest BCUT2D eigenvalue weighted by atomic mass is 16.5. The molecule has 4 aromatic carbocycles. The topological polar surface area (TPSA) is 80.0 Å². The first-order valence-corrected chi connectivity index (χ1v) is 13.4. The lowest BCUT2D eigenvalue weighted by molar-refractivity contribution is 0.294. The van der Waals surface area contributed by atoms with Crippen LogP contribution in [0.4, 0.5) is 0 Å². The van der Waals surface area contributed by atoms with Gasteiger partial charge in [-0.15, -0.1) is 5.10 Å². The van der Waals surface area contributed by atoms with Gasteiger partial charge in [-0.05, 0) is 65.6 Å². The molecule has 41 heavy (non-hydrogen) atoms. The van der Waals surface area contributed by atoms with E-state index in [1.165, 1.54) is 5.56 Å². The Bertz CT molecular complexity index is 1950. The molecule has 0 fully saturated rings. The number of fused-ring (bicyclic) bond motifs is 6. The maximum Gasteiger partial charge on any atom is 0.228 e. The maximum atomic E-state index is 6.43. The van der Waals surface area contributed by atoms with Gasteiger partial charge in [0.1, 0.15) is 24.4 Å². The van der Waals surface area contributed by atoms with Crippen molar-refractivity contribution in [2.45, 2.75) is 26.4 Å². The van der Waals surface area contributed by atoms with E-state index in [1.54, 1.807) is 25.1 Å². The number of nitrogens with zero attached hydrogens (tertiary/aromatic N) is 4. The summed E-state index contributed by atoms with van der Waals surface area (Å²) in [6, 6.07) is 24.4. The molecule has 8 heteroatoms. The molecule has 0 saturated carbocycles. The normalized spacial score (nSPS) is 13.9. The molecular formula is C33H28N4O4. The smallest absolute Gasteiger partial charge is 0.228 e. The monoisotopic (exact) mass is 544 g/mol. The minimum Gasteiger partial charge on any atom is -0.493 e. The zero-order chi connectivity index (χ0) is 28.1. The van der Waals surface area contributed by atoms with Crippen molar-refractivity contribution in [3.8, 4) is 28.9 Å². The van der Waals surface area contributed by atoms with E-state index in [2.05, 4.69) is 49.2 Å². The number of rotatable bonds is 6. The van der Waals surface area contributed by atoms with Crippen LogP contribution < -0.4 is 18.9 Å². The highest BCUT2D eigenvalue weighted by Crippen LogP contribution is 2.51. The number of methoxy groups -OCH3 is 2. The van der Waals surface area contributed by atoms with E-state index in [4.69, 9.17) is 29.0 Å². The number of benzene rings is 4. The van der Waals surface area contributed by atoms with Crippen LogP contribution in [0.5, 0.6) is 28.9 Å². The highest BCUT2D eigenvalue weighted by Gasteiger charge is 2.35. The second kappa shape index (κ2) is 9.82. The van der Waals surface area contributed by atoms with Gasteiger partial charge in [0.2, 0.25) is 5.88 Å². The minimum atomic E-state index is -0.257. The maximum absolute atomic E-state index is 6.43. The van der Waals surface area contributed by atoms with E-state index >= 15 is 0 Å². The second-order valence-electron chi connectivity index (χ2n) is 10.1. The van der Waals surface area contributed by atoms with Crippen LogP contribution in [0.1, 0.15) is 39.6 Å². The molecule has 0 radical (unpaired) electrons. The van der Waals surface area contributed by atoms with Crippen molar-refractivity contribution < 1.29 is 18.9 Å². The van der Waals surface area contributed by atoms with Crippen LogP contribution >= 0.6 is 0 Å². The third kappa shape index (κ3) is 4.10. The Morgan fingerprint density at radius 2 is 1.71 bits per heavy atom. The summed E-state index contributed by atoms with van der Waals surface area (Å²) in [5.74, 6) is 3.66. The summed E-state index contributed by atoms with van der Waals surface area (Å²) < 4.78 is 25.5. The van der Waals surface area contributed by atoms with Crippen molar-refractivity contribution in [1.82, 2.24) is 19.6 Å². The van der Waals surface area contributed by atoms with Crippen molar-refractivity contribution in [3.63, 3.8) is 0 Å². The zero-order valence-corrected chi connectivity index (χ0v) is 23.2. The van der Waals surface area contributed by atoms with Gasteiger partial charge >= 0.3 is 0 Å². The average Bonchev–Trinajstić information content (AvgIpc) is 3.43. The van der Waals surface area contributed by atoms with Crippen molar-refractivity contribution in [3.05, 3.63) is 113 Å². The van der Waals surface area contributed by atoms with Crippen molar-refractivity contribution in [2.75, 3.05) is 14.2 Å². The standard InChI is InChI=1S/C33H28N4O4/c1-19-8-7-11-24(20(19)2)40-17-28-35-32-31-29(22-13-14-25(38-3)27(16-22)39-4)30-23-10-6-5-9-21(23)12-15-26(30)41-33(31)34-18-37(32)36-28/h5-16,18,29H,17H2,1-4H3/t29-/m0/s1. The number of aryl methyl sites for hydroxylation is 1. The Morgan fingerprint density at radius 3 is 2.56 bits per heavy atom. The van der Waals surface area contributed by atoms with Crippen LogP contribution in [0, 0.1) is 13.8 Å². The fourth-order valence-corrected chi connectivity index (χ4v) is 5.60. The molecule has 1 aliphatic rings. The average molecular weight is 545 g/mol. The molecule has 0 spiro atoms. The Labute approximate surface area is 237 Å². The van der Waals surface area contributed by atoms with Gasteiger partial charge in [0.25, 0.3) is 0 Å². The molecule has 1 aliphatic heterocycles. The fourth-order valence-electron chi connectivity index (χ4n) is 5.60. The van der Waals surface area contributed by atoms with E-state index in [-0.39, 0.29) is 12.5 Å². The summed E-state index contributed by atoms with van der Waals surface area (Å²) >= 11 is 0. The van der Waals surface area contributed by atoms with Gasteiger partial charge in [0, 0.05) is 11.5 Å². The summed E-state index contributed by atoms with van der Waals surface area (Å²) in [6.45, 7) is 4.34. The van der Waals surface area contributed by atoms with E-state index < -0.39 is 0 Å². The minimum absolute atomic E-state index is 0.224. The molecule has 204 valence electrons. The van der Waals surface area contributed by atoms with E-state index in [0.29, 0.717) is 28.9 Å². The Morgan fingerprint density at radius 1 is 0.854 bits per heavy atom. The van der Waals surface area contributed by atoms with Gasteiger partial charge in [-0.2, -0.15) is 0 Å². The first kappa shape index (κ1) is 24.9. The molecule has 3 heterocycles. The molecule has 0 bridgehead atoms. The molecular weight excluding hydrogens is 516 g/mol. The third-order valence-electron chi connectivity index (χ3n) is 7.80. The fraction of sp³-hybridized carbons (Fsp3) is 0.182. The molecule has 1 atom stereocenters. The number of aromatic nitrogens is 4. The Hall–Kier alpha value is -5.11. The van der Waals surface area contributed by atoms with Gasteiger partial charge in [0.15, 0.2) is 23.0 Å². The zero-order valence-electron chi connectivity index (χ0n) is 23.2. The lowest BCUT2D eigenvalue weighted by Crippen LogP contribution is -2.15. The van der Waals surface area contributed by atoms with Crippen LogP contribution in [-0.2, 0) is 6.61 Å². The molecule has 6 aromatic rings. The molecule has 0 saturated heterocycles. The number of hydrogen-bond acceptors (Lipinski definition) is 7. The van der Waals surface area contributed by atoms with Gasteiger partial charge in [-0.25, -0.2) is 14.5 Å². The van der Waals surface area contributed by atoms with Gasteiger partial charge in [0.05, 0.1) is 19.8 Å². The molecule has 2 aromatic heterocycles. The van der Waals surface area contributed by atoms with Crippen molar-refractivity contribution in [1.29, 1.82) is 0 Å². The predicted octanol–water partition coefficient (Wildman–Crippen LogP) is 6.78. The van der Waals surface area contributed by atoms with E-state index in [1.807, 2.05) is 42.5 Å². The summed E-state index contributed by atoms with van der Waals surface area (Å²) in [6.07, 6.45) is 1.64. The largest absolute Gasteiger partial charge is 0.493 e.